The van der Waals surface area contributed by atoms with Crippen LogP contribution >= 0.6 is 11.3 Å². The first-order chi connectivity index (χ1) is 13.5. The molecule has 0 saturated carbocycles. The summed E-state index contributed by atoms with van der Waals surface area (Å²) < 4.78 is 29.5. The fourth-order valence-electron chi connectivity index (χ4n) is 3.33. The topological polar surface area (TPSA) is 82.1 Å². The highest BCUT2D eigenvalue weighted by molar-refractivity contribution is 7.10. The minimum absolute atomic E-state index is 0.0633. The predicted octanol–water partition coefficient (Wildman–Crippen LogP) is 2.63. The summed E-state index contributed by atoms with van der Waals surface area (Å²) in [4.78, 5) is 24.5. The van der Waals surface area contributed by atoms with E-state index in [0.29, 0.717) is 10.4 Å². The zero-order chi connectivity index (χ0) is 19.7. The van der Waals surface area contributed by atoms with E-state index >= 15 is 0 Å². The zero-order valence-electron chi connectivity index (χ0n) is 14.6. The van der Waals surface area contributed by atoms with Crippen molar-refractivity contribution >= 4 is 29.4 Å². The van der Waals surface area contributed by atoms with Crippen LogP contribution < -0.4 is 0 Å². The summed E-state index contributed by atoms with van der Waals surface area (Å²) in [6.45, 7) is 0. The Morgan fingerprint density at radius 3 is 2.79 bits per heavy atom. The Bertz CT molecular complexity index is 879. The number of hydrogen-bond acceptors (Lipinski definition) is 7. The average molecular weight is 404 g/mol. The van der Waals surface area contributed by atoms with Gasteiger partial charge < -0.3 is 19.3 Å². The van der Waals surface area contributed by atoms with Gasteiger partial charge in [-0.25, -0.2) is 9.18 Å². The van der Waals surface area contributed by atoms with E-state index in [4.69, 9.17) is 14.2 Å². The van der Waals surface area contributed by atoms with Crippen molar-refractivity contribution in [1.82, 2.24) is 0 Å². The Morgan fingerprint density at radius 2 is 2.11 bits per heavy atom. The Hall–Kier alpha value is -2.55. The van der Waals surface area contributed by atoms with Gasteiger partial charge in [0.1, 0.15) is 24.1 Å². The third-order valence-corrected chi connectivity index (χ3v) is 5.59. The van der Waals surface area contributed by atoms with Crippen molar-refractivity contribution in [1.29, 1.82) is 0 Å². The SMILES string of the molecule is O=C(/C=C/c1ccc(F)cc1)O[C@H](c1cccs1)[C@H]1O[C@@H]2CC(=O)O[C@@H]2[C@H]1O. The fraction of sp³-hybridized carbons (Fsp3) is 0.300. The molecule has 0 bridgehead atoms. The van der Waals surface area contributed by atoms with Crippen molar-refractivity contribution in [2.45, 2.75) is 36.9 Å². The summed E-state index contributed by atoms with van der Waals surface area (Å²) in [7, 11) is 0. The lowest BCUT2D eigenvalue weighted by Crippen LogP contribution is -2.37. The molecule has 1 aromatic carbocycles. The molecule has 3 heterocycles. The number of hydrogen-bond donors (Lipinski definition) is 1. The van der Waals surface area contributed by atoms with Gasteiger partial charge in [-0.2, -0.15) is 0 Å². The highest BCUT2D eigenvalue weighted by Crippen LogP contribution is 2.40. The first-order valence-electron chi connectivity index (χ1n) is 8.72. The lowest BCUT2D eigenvalue weighted by molar-refractivity contribution is -0.159. The molecule has 2 saturated heterocycles. The second-order valence-electron chi connectivity index (χ2n) is 6.55. The van der Waals surface area contributed by atoms with Crippen LogP contribution in [0.4, 0.5) is 4.39 Å². The molecule has 0 aliphatic carbocycles. The van der Waals surface area contributed by atoms with Crippen molar-refractivity contribution in [3.8, 4) is 0 Å². The molecule has 1 N–H and O–H groups in total. The van der Waals surface area contributed by atoms with Crippen molar-refractivity contribution in [3.05, 3.63) is 64.1 Å². The minimum Gasteiger partial charge on any atom is -0.457 e. The lowest BCUT2D eigenvalue weighted by atomic mass is 10.0. The predicted molar refractivity (Wildman–Crippen MR) is 97.8 cm³/mol. The molecular formula is C20H17FO6S. The van der Waals surface area contributed by atoms with Crippen molar-refractivity contribution in [2.75, 3.05) is 0 Å². The Labute approximate surface area is 164 Å². The number of carbonyl (C=O) groups is 2. The quantitative estimate of drug-likeness (QED) is 0.610. The minimum atomic E-state index is -1.10. The van der Waals surface area contributed by atoms with Gasteiger partial charge in [0.15, 0.2) is 12.2 Å². The third-order valence-electron chi connectivity index (χ3n) is 4.65. The van der Waals surface area contributed by atoms with E-state index in [2.05, 4.69) is 0 Å². The Kier molecular flexibility index (Phi) is 5.25. The molecule has 0 amide bonds. The summed E-state index contributed by atoms with van der Waals surface area (Å²) in [5, 5.41) is 12.4. The molecule has 0 unspecified atom stereocenters. The van der Waals surface area contributed by atoms with Crippen LogP contribution in [0.1, 0.15) is 23.0 Å². The molecular weight excluding hydrogens is 387 g/mol. The Balaban J connectivity index is 1.49. The number of aliphatic hydroxyl groups excluding tert-OH is 1. The third kappa shape index (κ3) is 3.84. The van der Waals surface area contributed by atoms with Crippen molar-refractivity contribution < 1.29 is 33.3 Å². The van der Waals surface area contributed by atoms with Gasteiger partial charge in [0.05, 0.1) is 6.42 Å². The van der Waals surface area contributed by atoms with E-state index in [1.807, 2.05) is 5.38 Å². The zero-order valence-corrected chi connectivity index (χ0v) is 15.4. The van der Waals surface area contributed by atoms with Crippen LogP contribution in [0.3, 0.4) is 0 Å². The van der Waals surface area contributed by atoms with Crippen molar-refractivity contribution in [2.24, 2.45) is 0 Å². The van der Waals surface area contributed by atoms with Crippen LogP contribution in [0.25, 0.3) is 6.08 Å². The maximum Gasteiger partial charge on any atom is 0.331 e. The maximum atomic E-state index is 13.0. The summed E-state index contributed by atoms with van der Waals surface area (Å²) in [5.74, 6) is -1.41. The van der Waals surface area contributed by atoms with Gasteiger partial charge in [0, 0.05) is 11.0 Å². The second-order valence-corrected chi connectivity index (χ2v) is 7.53. The summed E-state index contributed by atoms with van der Waals surface area (Å²) in [5.41, 5.74) is 0.643. The van der Waals surface area contributed by atoms with Crippen LogP contribution in [0.2, 0.25) is 0 Å². The van der Waals surface area contributed by atoms with Gasteiger partial charge in [-0.15, -0.1) is 11.3 Å². The molecule has 2 aliphatic rings. The number of halogens is 1. The van der Waals surface area contributed by atoms with E-state index in [9.17, 15) is 19.1 Å². The van der Waals surface area contributed by atoms with Crippen molar-refractivity contribution in [3.63, 3.8) is 0 Å². The molecule has 8 heteroatoms. The maximum absolute atomic E-state index is 13.0. The lowest BCUT2D eigenvalue weighted by Gasteiger charge is -2.25. The number of ether oxygens (including phenoxy) is 3. The molecule has 2 aliphatic heterocycles. The number of rotatable bonds is 5. The summed E-state index contributed by atoms with van der Waals surface area (Å²) >= 11 is 1.36. The molecule has 146 valence electrons. The largest absolute Gasteiger partial charge is 0.457 e. The van der Waals surface area contributed by atoms with Crippen LogP contribution in [-0.4, -0.2) is 41.5 Å². The van der Waals surface area contributed by atoms with E-state index in [-0.39, 0.29) is 12.2 Å². The molecule has 28 heavy (non-hydrogen) atoms. The van der Waals surface area contributed by atoms with Crippen LogP contribution in [0.5, 0.6) is 0 Å². The van der Waals surface area contributed by atoms with Gasteiger partial charge in [0.25, 0.3) is 0 Å². The summed E-state index contributed by atoms with van der Waals surface area (Å²) in [6, 6.07) is 9.24. The molecule has 2 aromatic rings. The van der Waals surface area contributed by atoms with Gasteiger partial charge in [-0.05, 0) is 35.2 Å². The number of thiophene rings is 1. The van der Waals surface area contributed by atoms with E-state index in [1.165, 1.54) is 47.8 Å². The molecule has 2 fully saturated rings. The first kappa shape index (κ1) is 18.8. The van der Waals surface area contributed by atoms with Crippen LogP contribution in [0, 0.1) is 5.82 Å². The number of benzene rings is 1. The molecule has 5 atom stereocenters. The van der Waals surface area contributed by atoms with Gasteiger partial charge >= 0.3 is 11.9 Å². The number of esters is 2. The van der Waals surface area contributed by atoms with Gasteiger partial charge in [-0.3, -0.25) is 4.79 Å². The van der Waals surface area contributed by atoms with Crippen LogP contribution in [0.15, 0.2) is 47.9 Å². The first-order valence-corrected chi connectivity index (χ1v) is 9.60. The normalized spacial score (nSPS) is 27.6. The monoisotopic (exact) mass is 404 g/mol. The molecule has 0 spiro atoms. The van der Waals surface area contributed by atoms with E-state index in [1.54, 1.807) is 12.1 Å². The van der Waals surface area contributed by atoms with Gasteiger partial charge in [-0.1, -0.05) is 18.2 Å². The molecule has 1 aromatic heterocycles. The number of aliphatic hydroxyl groups is 1. The smallest absolute Gasteiger partial charge is 0.331 e. The van der Waals surface area contributed by atoms with E-state index < -0.39 is 42.5 Å². The summed E-state index contributed by atoms with van der Waals surface area (Å²) in [6.07, 6.45) is -1.29. The fourth-order valence-corrected chi connectivity index (χ4v) is 4.12. The second kappa shape index (κ2) is 7.83. The van der Waals surface area contributed by atoms with E-state index in [0.717, 1.165) is 0 Å². The molecule has 6 nitrogen and oxygen atoms in total. The number of fused-ring (bicyclic) bond motifs is 1. The molecule has 4 rings (SSSR count). The molecule has 0 radical (unpaired) electrons. The average Bonchev–Trinajstić information content (AvgIpc) is 3.38. The standard InChI is InChI=1S/C20H17FO6S/c21-12-6-3-11(4-7-12)5-8-15(22)26-19(14-2-1-9-28-14)20-17(24)18-13(25-20)10-16(23)27-18/h1-9,13,17-20,24H,10H2/b8-5+/t13-,17-,18+,19-,20+/m1/s1. The highest BCUT2D eigenvalue weighted by Gasteiger charge is 2.54. The number of carbonyl (C=O) groups excluding carboxylic acids is 2. The highest BCUT2D eigenvalue weighted by atomic mass is 32.1. The van der Waals surface area contributed by atoms with Gasteiger partial charge in [0.2, 0.25) is 0 Å². The van der Waals surface area contributed by atoms with Crippen LogP contribution in [-0.2, 0) is 23.8 Å². The Morgan fingerprint density at radius 1 is 1.32 bits per heavy atom.